The lowest BCUT2D eigenvalue weighted by Gasteiger charge is -2.50. The van der Waals surface area contributed by atoms with E-state index in [1.807, 2.05) is 20.8 Å². The third-order valence-corrected chi connectivity index (χ3v) is 8.94. The first-order valence-corrected chi connectivity index (χ1v) is 12.9. The summed E-state index contributed by atoms with van der Waals surface area (Å²) >= 11 is 0. The molecule has 0 aromatic heterocycles. The summed E-state index contributed by atoms with van der Waals surface area (Å²) in [5.74, 6) is 0.591. The number of esters is 1. The van der Waals surface area contributed by atoms with Crippen LogP contribution in [0.5, 0.6) is 5.75 Å². The van der Waals surface area contributed by atoms with Gasteiger partial charge in [-0.1, -0.05) is 13.0 Å². The van der Waals surface area contributed by atoms with Crippen LogP contribution < -0.4 is 4.18 Å². The normalized spacial score (nSPS) is 31.8. The molecule has 3 aliphatic carbocycles. The van der Waals surface area contributed by atoms with Crippen LogP contribution in [0.2, 0.25) is 0 Å². The van der Waals surface area contributed by atoms with E-state index in [1.165, 1.54) is 12.1 Å². The Bertz CT molecular complexity index is 1040. The molecular weight excluding hydrogens is 457 g/mol. The van der Waals surface area contributed by atoms with Crippen LogP contribution in [0.25, 0.3) is 0 Å². The van der Waals surface area contributed by atoms with Crippen LogP contribution in [0.3, 0.4) is 0 Å². The Morgan fingerprint density at radius 3 is 2.42 bits per heavy atom. The number of hydrogen-bond donors (Lipinski definition) is 0. The Labute approximate surface area is 193 Å². The lowest BCUT2D eigenvalue weighted by Crippen LogP contribution is -2.46. The molecule has 0 saturated heterocycles. The monoisotopic (exact) mass is 488 g/mol. The van der Waals surface area contributed by atoms with Crippen LogP contribution in [0.4, 0.5) is 13.2 Å². The van der Waals surface area contributed by atoms with Crippen LogP contribution in [0, 0.1) is 22.7 Å². The minimum absolute atomic E-state index is 0.0799. The van der Waals surface area contributed by atoms with Gasteiger partial charge in [-0.05, 0) is 100 Å². The molecule has 0 N–H and O–H groups in total. The van der Waals surface area contributed by atoms with Crippen molar-refractivity contribution in [3.8, 4) is 5.75 Å². The van der Waals surface area contributed by atoms with Crippen molar-refractivity contribution in [1.82, 2.24) is 0 Å². The van der Waals surface area contributed by atoms with Gasteiger partial charge < -0.3 is 8.92 Å². The maximum Gasteiger partial charge on any atom is 0.534 e. The first kappa shape index (κ1) is 24.4. The van der Waals surface area contributed by atoms with Gasteiger partial charge in [0.2, 0.25) is 0 Å². The highest BCUT2D eigenvalue weighted by molar-refractivity contribution is 7.88. The minimum atomic E-state index is -5.69. The van der Waals surface area contributed by atoms with Gasteiger partial charge in [0.1, 0.15) is 11.9 Å². The molecule has 184 valence electrons. The lowest BCUT2D eigenvalue weighted by molar-refractivity contribution is -0.167. The van der Waals surface area contributed by atoms with E-state index < -0.39 is 21.0 Å². The number of hydrogen-bond acceptors (Lipinski definition) is 5. The number of alkyl halides is 3. The topological polar surface area (TPSA) is 69.7 Å². The van der Waals surface area contributed by atoms with E-state index in [-0.39, 0.29) is 29.2 Å². The quantitative estimate of drug-likeness (QED) is 0.309. The summed E-state index contributed by atoms with van der Waals surface area (Å²) in [6.45, 7) is 7.81. The highest BCUT2D eigenvalue weighted by Crippen LogP contribution is 2.61. The highest BCUT2D eigenvalue weighted by atomic mass is 32.2. The standard InChI is InChI=1S/C24H31F3O5S/c1-22(2,3)21(28)31-20-10-9-19-18-7-5-14-13-15(32-33(29,30)24(25,26)27)6-8-16(14)17(18)11-12-23(19,20)4/h6,8,13,17-20H,5,7,9-12H2,1-4H3/t17-,18-,19+,20+,23+/m1/s1. The van der Waals surface area contributed by atoms with Crippen LogP contribution >= 0.6 is 0 Å². The van der Waals surface area contributed by atoms with Gasteiger partial charge in [0.05, 0.1) is 5.41 Å². The van der Waals surface area contributed by atoms with Gasteiger partial charge in [0.15, 0.2) is 0 Å². The summed E-state index contributed by atoms with van der Waals surface area (Å²) < 4.78 is 71.1. The smallest absolute Gasteiger partial charge is 0.461 e. The fraction of sp³-hybridized carbons (Fsp3) is 0.708. The van der Waals surface area contributed by atoms with E-state index >= 15 is 0 Å². The van der Waals surface area contributed by atoms with E-state index in [2.05, 4.69) is 11.1 Å². The average Bonchev–Trinajstić information content (AvgIpc) is 3.02. The molecule has 0 amide bonds. The molecule has 5 atom stereocenters. The van der Waals surface area contributed by atoms with Crippen molar-refractivity contribution in [3.63, 3.8) is 0 Å². The molecule has 0 unspecified atom stereocenters. The Kier molecular flexibility index (Phi) is 5.82. The first-order valence-electron chi connectivity index (χ1n) is 11.5. The Morgan fingerprint density at radius 2 is 1.79 bits per heavy atom. The van der Waals surface area contributed by atoms with Crippen LogP contribution in [0.1, 0.15) is 76.8 Å². The van der Waals surface area contributed by atoms with Crippen molar-refractivity contribution in [2.45, 2.75) is 83.8 Å². The molecule has 0 bridgehead atoms. The molecule has 0 heterocycles. The molecule has 5 nitrogen and oxygen atoms in total. The van der Waals surface area contributed by atoms with Crippen molar-refractivity contribution in [2.75, 3.05) is 0 Å². The van der Waals surface area contributed by atoms with E-state index in [0.717, 1.165) is 43.2 Å². The van der Waals surface area contributed by atoms with Gasteiger partial charge in [0, 0.05) is 5.41 Å². The minimum Gasteiger partial charge on any atom is -0.461 e. The van der Waals surface area contributed by atoms with Crippen LogP contribution in [-0.4, -0.2) is 26.0 Å². The van der Waals surface area contributed by atoms with Crippen molar-refractivity contribution in [1.29, 1.82) is 0 Å². The third-order valence-electron chi connectivity index (χ3n) is 7.96. The van der Waals surface area contributed by atoms with Gasteiger partial charge in [-0.15, -0.1) is 0 Å². The second kappa shape index (κ2) is 7.89. The van der Waals surface area contributed by atoms with Crippen molar-refractivity contribution in [2.24, 2.45) is 22.7 Å². The number of aryl methyl sites for hydroxylation is 1. The van der Waals surface area contributed by atoms with E-state index in [0.29, 0.717) is 18.3 Å². The van der Waals surface area contributed by atoms with Crippen LogP contribution in [0.15, 0.2) is 18.2 Å². The zero-order chi connectivity index (χ0) is 24.4. The molecule has 0 aliphatic heterocycles. The third kappa shape index (κ3) is 4.26. The zero-order valence-electron chi connectivity index (χ0n) is 19.4. The molecule has 0 radical (unpaired) electrons. The van der Waals surface area contributed by atoms with Gasteiger partial charge in [-0.3, -0.25) is 4.79 Å². The molecule has 9 heteroatoms. The molecule has 0 spiro atoms. The Morgan fingerprint density at radius 1 is 1.09 bits per heavy atom. The van der Waals surface area contributed by atoms with E-state index in [4.69, 9.17) is 4.74 Å². The number of benzene rings is 1. The molecule has 1 aromatic carbocycles. The predicted molar refractivity (Wildman–Crippen MR) is 116 cm³/mol. The summed E-state index contributed by atoms with van der Waals surface area (Å²) in [5, 5.41) is 0. The van der Waals surface area contributed by atoms with E-state index in [1.54, 1.807) is 6.07 Å². The molecule has 33 heavy (non-hydrogen) atoms. The molecule has 2 saturated carbocycles. The van der Waals surface area contributed by atoms with Gasteiger partial charge in [0.25, 0.3) is 0 Å². The average molecular weight is 489 g/mol. The predicted octanol–water partition coefficient (Wildman–Crippen LogP) is 5.73. The van der Waals surface area contributed by atoms with Crippen molar-refractivity contribution in [3.05, 3.63) is 29.3 Å². The zero-order valence-corrected chi connectivity index (χ0v) is 20.2. The summed E-state index contributed by atoms with van der Waals surface area (Å²) in [5.41, 5.74) is -4.17. The largest absolute Gasteiger partial charge is 0.534 e. The highest BCUT2D eigenvalue weighted by Gasteiger charge is 2.56. The molecule has 2 fully saturated rings. The second-order valence-electron chi connectivity index (χ2n) is 11.0. The van der Waals surface area contributed by atoms with Gasteiger partial charge >= 0.3 is 21.6 Å². The lowest BCUT2D eigenvalue weighted by atomic mass is 9.55. The fourth-order valence-corrected chi connectivity index (χ4v) is 6.69. The Hall–Kier alpha value is -1.77. The van der Waals surface area contributed by atoms with E-state index in [9.17, 15) is 26.4 Å². The number of ether oxygens (including phenoxy) is 1. The van der Waals surface area contributed by atoms with Crippen molar-refractivity contribution >= 4 is 16.1 Å². The number of carbonyl (C=O) groups excluding carboxylic acids is 1. The Balaban J connectivity index is 1.53. The van der Waals surface area contributed by atoms with Crippen molar-refractivity contribution < 1.29 is 35.3 Å². The number of fused-ring (bicyclic) bond motifs is 5. The second-order valence-corrected chi connectivity index (χ2v) is 12.6. The molecular formula is C24H31F3O5S. The maximum atomic E-state index is 12.7. The SMILES string of the molecule is CC(C)(C)C(=O)O[C@H]1CC[C@H]2[C@@H]3CCc4cc(OS(=O)(=O)C(F)(F)F)ccc4[C@H]3CC[C@]12C. The number of carbonyl (C=O) groups is 1. The number of rotatable bonds is 3. The van der Waals surface area contributed by atoms with Crippen LogP contribution in [-0.2, 0) is 26.1 Å². The summed E-state index contributed by atoms with van der Waals surface area (Å²) in [4.78, 5) is 12.5. The molecule has 1 aromatic rings. The summed E-state index contributed by atoms with van der Waals surface area (Å²) in [6.07, 6.45) is 5.06. The van der Waals surface area contributed by atoms with Gasteiger partial charge in [-0.25, -0.2) is 0 Å². The molecule has 4 rings (SSSR count). The first-order chi connectivity index (χ1) is 15.1. The fourth-order valence-electron chi connectivity index (χ4n) is 6.24. The number of halogens is 3. The summed E-state index contributed by atoms with van der Waals surface area (Å²) in [7, 11) is -5.69. The van der Waals surface area contributed by atoms with Gasteiger partial charge in [-0.2, -0.15) is 21.6 Å². The maximum absolute atomic E-state index is 12.7. The molecule has 3 aliphatic rings. The summed E-state index contributed by atoms with van der Waals surface area (Å²) in [6, 6.07) is 4.48.